The smallest absolute Gasteiger partial charge is 0.481 e. The molecule has 6 nitrogen and oxygen atoms in total. The van der Waals surface area contributed by atoms with Crippen LogP contribution in [0.5, 0.6) is 0 Å². The molecule has 2 aliphatic rings. The molecule has 184 valence electrons. The van der Waals surface area contributed by atoms with Crippen LogP contribution in [-0.4, -0.2) is 40.1 Å². The Morgan fingerprint density at radius 1 is 1.27 bits per heavy atom. The van der Waals surface area contributed by atoms with Crippen LogP contribution in [0.4, 0.5) is 4.79 Å². The number of carbonyl (C=O) groups excluding carboxylic acids is 1. The summed E-state index contributed by atoms with van der Waals surface area (Å²) in [7, 11) is 0. The van der Waals surface area contributed by atoms with E-state index in [1.807, 2.05) is 19.1 Å². The third-order valence-electron chi connectivity index (χ3n) is 6.44. The van der Waals surface area contributed by atoms with Crippen molar-refractivity contribution in [2.24, 2.45) is 23.7 Å². The van der Waals surface area contributed by atoms with Gasteiger partial charge in [-0.2, -0.15) is 0 Å². The number of aliphatic hydroxyl groups is 1. The average Bonchev–Trinajstić information content (AvgIpc) is 3.21. The number of carboxylic acids is 1. The summed E-state index contributed by atoms with van der Waals surface area (Å²) < 4.78 is 11.0. The Morgan fingerprint density at radius 2 is 2.00 bits per heavy atom. The van der Waals surface area contributed by atoms with Gasteiger partial charge in [-0.05, 0) is 77.7 Å². The van der Waals surface area contributed by atoms with Gasteiger partial charge in [0.25, 0.3) is 0 Å². The number of rotatable bonds is 9. The minimum atomic E-state index is -0.757. The Bertz CT molecular complexity index is 794. The molecule has 0 aromatic rings. The summed E-state index contributed by atoms with van der Waals surface area (Å²) in [5, 5.41) is 19.5. The van der Waals surface area contributed by atoms with E-state index >= 15 is 0 Å². The zero-order valence-electron chi connectivity index (χ0n) is 20.7. The molecule has 0 radical (unpaired) electrons. The molecule has 0 amide bonds. The lowest BCUT2D eigenvalue weighted by Gasteiger charge is -2.25. The van der Waals surface area contributed by atoms with E-state index in [1.165, 1.54) is 5.57 Å². The molecule has 2 rings (SSSR count). The van der Waals surface area contributed by atoms with Crippen LogP contribution in [0, 0.1) is 35.5 Å². The van der Waals surface area contributed by atoms with E-state index in [2.05, 4.69) is 17.9 Å². The maximum absolute atomic E-state index is 12.3. The molecule has 0 aromatic carbocycles. The Morgan fingerprint density at radius 3 is 2.64 bits per heavy atom. The molecule has 2 fully saturated rings. The van der Waals surface area contributed by atoms with Crippen LogP contribution in [0.3, 0.4) is 0 Å². The first-order chi connectivity index (χ1) is 15.5. The summed E-state index contributed by atoms with van der Waals surface area (Å²) in [6.07, 6.45) is 9.41. The van der Waals surface area contributed by atoms with Gasteiger partial charge in [-0.3, -0.25) is 4.79 Å². The standard InChI is InChI=1S/C27H40O6/c1-6-7-10-18(2)24(32-26(31)33-27(3,4)5)14-13-21-22-16-19(11-8-9-12-25(29)30)15-20(22)17-23(21)28/h11,13-14,18,20-24,28H,8-10,12,15-17H2,1-5H3,(H,29,30)/b14-13+,19-11+/t18?,20-,21+,22-,23+,24+/m0/s1. The van der Waals surface area contributed by atoms with E-state index in [0.717, 1.165) is 25.7 Å². The Balaban J connectivity index is 2.05. The molecule has 6 heteroatoms. The van der Waals surface area contributed by atoms with Crippen molar-refractivity contribution in [3.05, 3.63) is 23.8 Å². The molecule has 0 saturated heterocycles. The summed E-state index contributed by atoms with van der Waals surface area (Å²) in [6.45, 7) is 9.17. The zero-order chi connectivity index (χ0) is 24.6. The molecular weight excluding hydrogens is 420 g/mol. The topological polar surface area (TPSA) is 93.1 Å². The van der Waals surface area contributed by atoms with Gasteiger partial charge in [0.2, 0.25) is 0 Å². The maximum Gasteiger partial charge on any atom is 0.509 e. The van der Waals surface area contributed by atoms with Gasteiger partial charge in [0.1, 0.15) is 11.7 Å². The lowest BCUT2D eigenvalue weighted by Crippen LogP contribution is -2.30. The minimum absolute atomic E-state index is 0.00844. The molecule has 0 aromatic heterocycles. The number of fused-ring (bicyclic) bond motifs is 1. The molecule has 6 atom stereocenters. The summed E-state index contributed by atoms with van der Waals surface area (Å²) in [5.74, 6) is 5.97. The highest BCUT2D eigenvalue weighted by Gasteiger charge is 2.45. The molecule has 0 spiro atoms. The Hall–Kier alpha value is -2.26. The SMILES string of the molecule is CC#CCC(C)[C@@H](/C=C/[C@@H]1[C@H]2C/C(=C/CCCC(=O)O)C[C@H]2C[C@H]1O)OC(=O)OC(C)(C)C. The van der Waals surface area contributed by atoms with Crippen LogP contribution in [0.2, 0.25) is 0 Å². The fourth-order valence-electron chi connectivity index (χ4n) is 4.85. The maximum atomic E-state index is 12.3. The fourth-order valence-corrected chi connectivity index (χ4v) is 4.85. The van der Waals surface area contributed by atoms with Crippen LogP contribution >= 0.6 is 0 Å². The number of hydrogen-bond acceptors (Lipinski definition) is 5. The van der Waals surface area contributed by atoms with E-state index in [-0.39, 0.29) is 18.3 Å². The fraction of sp³-hybridized carbons (Fsp3) is 0.704. The van der Waals surface area contributed by atoms with Crippen LogP contribution in [0.25, 0.3) is 0 Å². The monoisotopic (exact) mass is 460 g/mol. The van der Waals surface area contributed by atoms with Gasteiger partial charge in [0.05, 0.1) is 6.10 Å². The molecule has 2 N–H and O–H groups in total. The molecular formula is C27H40O6. The zero-order valence-corrected chi connectivity index (χ0v) is 20.7. The number of allylic oxidation sites excluding steroid dienone is 2. The first kappa shape index (κ1) is 27.0. The van der Waals surface area contributed by atoms with Gasteiger partial charge >= 0.3 is 12.1 Å². The minimum Gasteiger partial charge on any atom is -0.481 e. The largest absolute Gasteiger partial charge is 0.509 e. The predicted octanol–water partition coefficient (Wildman–Crippen LogP) is 5.50. The summed E-state index contributed by atoms with van der Waals surface area (Å²) >= 11 is 0. The van der Waals surface area contributed by atoms with Gasteiger partial charge in [-0.1, -0.05) is 24.6 Å². The van der Waals surface area contributed by atoms with Crippen LogP contribution in [0.15, 0.2) is 23.8 Å². The third-order valence-corrected chi connectivity index (χ3v) is 6.44. The number of unbranched alkanes of at least 4 members (excludes halogenated alkanes) is 1. The number of hydrogen-bond donors (Lipinski definition) is 2. The average molecular weight is 461 g/mol. The molecule has 1 unspecified atom stereocenters. The predicted molar refractivity (Wildman–Crippen MR) is 127 cm³/mol. The third kappa shape index (κ3) is 8.89. The van der Waals surface area contributed by atoms with Crippen molar-refractivity contribution in [3.63, 3.8) is 0 Å². The molecule has 2 saturated carbocycles. The lowest BCUT2D eigenvalue weighted by molar-refractivity contribution is -0.137. The van der Waals surface area contributed by atoms with Crippen LogP contribution in [-0.2, 0) is 14.3 Å². The van der Waals surface area contributed by atoms with Crippen molar-refractivity contribution in [3.8, 4) is 11.8 Å². The second-order valence-corrected chi connectivity index (χ2v) is 10.4. The number of carboxylic acid groups (broad SMARTS) is 1. The Kier molecular flexibility index (Phi) is 10.0. The molecule has 0 aliphatic heterocycles. The quantitative estimate of drug-likeness (QED) is 0.204. The summed E-state index contributed by atoms with van der Waals surface area (Å²) in [4.78, 5) is 23.0. The van der Waals surface area contributed by atoms with E-state index in [1.54, 1.807) is 27.7 Å². The number of carbonyl (C=O) groups is 2. The van der Waals surface area contributed by atoms with Gasteiger partial charge in [-0.15, -0.1) is 11.8 Å². The number of aliphatic hydroxyl groups excluding tert-OH is 1. The van der Waals surface area contributed by atoms with E-state index in [9.17, 15) is 14.7 Å². The first-order valence-corrected chi connectivity index (χ1v) is 12.1. The number of aliphatic carboxylic acids is 1. The highest BCUT2D eigenvalue weighted by atomic mass is 16.7. The van der Waals surface area contributed by atoms with Crippen molar-refractivity contribution < 1.29 is 29.3 Å². The number of ether oxygens (including phenoxy) is 2. The molecule has 0 bridgehead atoms. The van der Waals surface area contributed by atoms with Crippen LogP contribution < -0.4 is 0 Å². The Labute approximate surface area is 198 Å². The second-order valence-electron chi connectivity index (χ2n) is 10.4. The molecule has 33 heavy (non-hydrogen) atoms. The highest BCUT2D eigenvalue weighted by molar-refractivity contribution is 5.66. The van der Waals surface area contributed by atoms with Gasteiger partial charge in [-0.25, -0.2) is 4.79 Å². The van der Waals surface area contributed by atoms with E-state index in [0.29, 0.717) is 24.7 Å². The van der Waals surface area contributed by atoms with Gasteiger partial charge in [0.15, 0.2) is 0 Å². The second kappa shape index (κ2) is 12.3. The van der Waals surface area contributed by atoms with Crippen molar-refractivity contribution in [2.45, 2.75) is 97.4 Å². The van der Waals surface area contributed by atoms with E-state index < -0.39 is 29.9 Å². The summed E-state index contributed by atoms with van der Waals surface area (Å²) in [6, 6.07) is 0. The first-order valence-electron chi connectivity index (χ1n) is 12.1. The lowest BCUT2D eigenvalue weighted by atomic mass is 9.89. The normalized spacial score (nSPS) is 27.6. The van der Waals surface area contributed by atoms with Crippen molar-refractivity contribution in [2.75, 3.05) is 0 Å². The van der Waals surface area contributed by atoms with Crippen molar-refractivity contribution >= 4 is 12.1 Å². The van der Waals surface area contributed by atoms with Crippen LogP contribution in [0.1, 0.15) is 79.6 Å². The van der Waals surface area contributed by atoms with Gasteiger partial charge < -0.3 is 19.7 Å². The summed E-state index contributed by atoms with van der Waals surface area (Å²) in [5.41, 5.74) is 0.734. The molecule has 2 aliphatic carbocycles. The van der Waals surface area contributed by atoms with Crippen molar-refractivity contribution in [1.82, 2.24) is 0 Å². The van der Waals surface area contributed by atoms with Gasteiger partial charge in [0, 0.05) is 24.7 Å². The molecule has 0 heterocycles. The highest BCUT2D eigenvalue weighted by Crippen LogP contribution is 2.50. The van der Waals surface area contributed by atoms with E-state index in [4.69, 9.17) is 14.6 Å². The van der Waals surface area contributed by atoms with Crippen molar-refractivity contribution in [1.29, 1.82) is 0 Å².